The molecular weight excluding hydrogens is 413 g/mol. The van der Waals surface area contributed by atoms with E-state index in [0.717, 1.165) is 18.2 Å². The molecule has 2 aliphatic rings. The second kappa shape index (κ2) is 6.81. The van der Waals surface area contributed by atoms with Crippen molar-refractivity contribution in [1.29, 1.82) is 0 Å². The van der Waals surface area contributed by atoms with Crippen LogP contribution >= 0.6 is 23.8 Å². The van der Waals surface area contributed by atoms with Crippen molar-refractivity contribution in [2.24, 2.45) is 0 Å². The van der Waals surface area contributed by atoms with Crippen molar-refractivity contribution >= 4 is 44.5 Å². The fourth-order valence-electron chi connectivity index (χ4n) is 3.38. The number of halogens is 4. The van der Waals surface area contributed by atoms with Crippen LogP contribution in [0.1, 0.15) is 5.56 Å². The van der Waals surface area contributed by atoms with Crippen molar-refractivity contribution < 1.29 is 26.3 Å². The van der Waals surface area contributed by atoms with E-state index >= 15 is 0 Å². The molecule has 1 aromatic rings. The lowest BCUT2D eigenvalue weighted by Gasteiger charge is -2.26. The number of hydrogen-bond donors (Lipinski definition) is 0. The first-order valence-corrected chi connectivity index (χ1v) is 10.3. The van der Waals surface area contributed by atoms with Gasteiger partial charge in [0.1, 0.15) is 0 Å². The van der Waals surface area contributed by atoms with Gasteiger partial charge in [0.05, 0.1) is 46.5 Å². The Bertz CT molecular complexity index is 832. The predicted octanol–water partition coefficient (Wildman–Crippen LogP) is 2.58. The normalized spacial score (nSPS) is 25.0. The van der Waals surface area contributed by atoms with Gasteiger partial charge in [0, 0.05) is 13.7 Å². The Kier molecular flexibility index (Phi) is 5.15. The number of rotatable bonds is 4. The van der Waals surface area contributed by atoms with Gasteiger partial charge in [-0.3, -0.25) is 0 Å². The molecule has 0 N–H and O–H groups in total. The smallest absolute Gasteiger partial charge is 0.383 e. The zero-order valence-corrected chi connectivity index (χ0v) is 16.1. The van der Waals surface area contributed by atoms with Gasteiger partial charge in [0.25, 0.3) is 0 Å². The fraction of sp³-hybridized carbons (Fsp3) is 0.533. The van der Waals surface area contributed by atoms with E-state index in [4.69, 9.17) is 28.6 Å². The van der Waals surface area contributed by atoms with Crippen LogP contribution in [0.4, 0.5) is 18.9 Å². The van der Waals surface area contributed by atoms with E-state index in [2.05, 4.69) is 0 Å². The second-order valence-electron chi connectivity index (χ2n) is 6.21. The first kappa shape index (κ1) is 19.7. The molecule has 2 aliphatic heterocycles. The monoisotopic (exact) mass is 428 g/mol. The Hall–Kier alpha value is -1.10. The van der Waals surface area contributed by atoms with Gasteiger partial charge in [-0.1, -0.05) is 11.6 Å². The highest BCUT2D eigenvalue weighted by Gasteiger charge is 2.52. The lowest BCUT2D eigenvalue weighted by atomic mass is 10.1. The summed E-state index contributed by atoms with van der Waals surface area (Å²) in [6.07, 6.45) is -4.54. The third-order valence-electron chi connectivity index (χ3n) is 4.55. The molecule has 144 valence electrons. The molecule has 5 nitrogen and oxygen atoms in total. The summed E-state index contributed by atoms with van der Waals surface area (Å²) in [5, 5.41) is 0.338. The molecule has 2 heterocycles. The molecule has 0 radical (unpaired) electrons. The molecule has 0 aliphatic carbocycles. The zero-order valence-electron chi connectivity index (χ0n) is 13.7. The van der Waals surface area contributed by atoms with E-state index in [9.17, 15) is 21.6 Å². The van der Waals surface area contributed by atoms with E-state index in [0.29, 0.717) is 13.2 Å². The van der Waals surface area contributed by atoms with Gasteiger partial charge in [0.2, 0.25) is 0 Å². The average molecular weight is 429 g/mol. The van der Waals surface area contributed by atoms with Crippen LogP contribution in [0.25, 0.3) is 0 Å². The summed E-state index contributed by atoms with van der Waals surface area (Å²) in [5.41, 5.74) is -0.800. The van der Waals surface area contributed by atoms with Crippen LogP contribution in [0.15, 0.2) is 18.2 Å². The molecule has 0 saturated carbocycles. The molecule has 1 aromatic carbocycles. The highest BCUT2D eigenvalue weighted by molar-refractivity contribution is 7.91. The van der Waals surface area contributed by atoms with E-state index < -0.39 is 33.7 Å². The summed E-state index contributed by atoms with van der Waals surface area (Å²) in [5.74, 6) is -0.289. The van der Waals surface area contributed by atoms with Crippen molar-refractivity contribution in [3.05, 3.63) is 28.8 Å². The van der Waals surface area contributed by atoms with Gasteiger partial charge < -0.3 is 14.5 Å². The van der Waals surface area contributed by atoms with E-state index in [1.165, 1.54) is 12.0 Å². The number of sulfone groups is 1. The van der Waals surface area contributed by atoms with Crippen LogP contribution in [0.2, 0.25) is 5.02 Å². The summed E-state index contributed by atoms with van der Waals surface area (Å²) in [6, 6.07) is 1.93. The SMILES string of the molecule is COCCN1C(=S)N(c2cc(C(F)(F)F)ccc2Cl)[C@@H]2CS(=O)(=O)C[C@H]21. The number of methoxy groups -OCH3 is 1. The standard InChI is InChI=1S/C15H16ClF3N2O3S2/c1-24-5-4-20-12-7-26(22,23)8-13(12)21(14(20)25)11-6-9(15(17,18)19)2-3-10(11)16/h2-3,6,12-13H,4-5,7-8H2,1H3/t12-,13-/m1/s1. The zero-order chi connectivity index (χ0) is 19.3. The molecule has 0 aromatic heterocycles. The maximum atomic E-state index is 13.1. The van der Waals surface area contributed by atoms with Crippen LogP contribution < -0.4 is 4.90 Å². The van der Waals surface area contributed by atoms with E-state index in [1.54, 1.807) is 4.90 Å². The predicted molar refractivity (Wildman–Crippen MR) is 96.3 cm³/mol. The van der Waals surface area contributed by atoms with Crippen molar-refractivity contribution in [3.8, 4) is 0 Å². The topological polar surface area (TPSA) is 49.9 Å². The highest BCUT2D eigenvalue weighted by Crippen LogP contribution is 2.41. The molecule has 2 fully saturated rings. The van der Waals surface area contributed by atoms with Crippen molar-refractivity contribution in [1.82, 2.24) is 4.90 Å². The third-order valence-corrected chi connectivity index (χ3v) is 7.00. The number of alkyl halides is 3. The van der Waals surface area contributed by atoms with Crippen molar-refractivity contribution in [2.75, 3.05) is 36.7 Å². The maximum Gasteiger partial charge on any atom is 0.416 e. The molecule has 0 unspecified atom stereocenters. The van der Waals surface area contributed by atoms with Gasteiger partial charge in [0.15, 0.2) is 14.9 Å². The molecule has 0 spiro atoms. The van der Waals surface area contributed by atoms with Crippen LogP contribution in [-0.2, 0) is 20.8 Å². The van der Waals surface area contributed by atoms with Gasteiger partial charge in [-0.25, -0.2) is 8.42 Å². The fourth-order valence-corrected chi connectivity index (χ4v) is 6.00. The van der Waals surface area contributed by atoms with Crippen LogP contribution in [0.5, 0.6) is 0 Å². The first-order chi connectivity index (χ1) is 12.0. The summed E-state index contributed by atoms with van der Waals surface area (Å²) in [6.45, 7) is 0.659. The molecule has 3 rings (SSSR count). The Balaban J connectivity index is 2.05. The van der Waals surface area contributed by atoms with Crippen LogP contribution in [-0.4, -0.2) is 62.3 Å². The highest BCUT2D eigenvalue weighted by atomic mass is 35.5. The molecule has 2 saturated heterocycles. The van der Waals surface area contributed by atoms with E-state index in [-0.39, 0.29) is 27.3 Å². The summed E-state index contributed by atoms with van der Waals surface area (Å²) in [7, 11) is -1.82. The minimum Gasteiger partial charge on any atom is -0.383 e. The lowest BCUT2D eigenvalue weighted by molar-refractivity contribution is -0.137. The Morgan fingerprint density at radius 1 is 1.31 bits per heavy atom. The Labute approximate surface area is 159 Å². The van der Waals surface area contributed by atoms with E-state index in [1.807, 2.05) is 0 Å². The first-order valence-electron chi connectivity index (χ1n) is 7.71. The number of fused-ring (bicyclic) bond motifs is 1. The molecule has 11 heteroatoms. The number of ether oxygens (including phenoxy) is 1. The maximum absolute atomic E-state index is 13.1. The second-order valence-corrected chi connectivity index (χ2v) is 9.14. The molecular formula is C15H16ClF3N2O3S2. The van der Waals surface area contributed by atoms with Gasteiger partial charge in [-0.2, -0.15) is 13.2 Å². The molecule has 2 atom stereocenters. The summed E-state index contributed by atoms with van der Waals surface area (Å²) in [4.78, 5) is 3.14. The minimum atomic E-state index is -4.54. The average Bonchev–Trinajstić information content (AvgIpc) is 2.95. The quantitative estimate of drug-likeness (QED) is 0.687. The Morgan fingerprint density at radius 2 is 1.96 bits per heavy atom. The summed E-state index contributed by atoms with van der Waals surface area (Å²) >= 11 is 11.6. The molecule has 26 heavy (non-hydrogen) atoms. The van der Waals surface area contributed by atoms with Crippen LogP contribution in [0, 0.1) is 0 Å². The number of thiocarbonyl (C=S) groups is 1. The lowest BCUT2D eigenvalue weighted by Crippen LogP contribution is -2.39. The molecule has 0 bridgehead atoms. The van der Waals surface area contributed by atoms with Gasteiger partial charge >= 0.3 is 6.18 Å². The third kappa shape index (κ3) is 3.51. The number of hydrogen-bond acceptors (Lipinski definition) is 4. The van der Waals surface area contributed by atoms with Gasteiger partial charge in [-0.05, 0) is 30.4 Å². The van der Waals surface area contributed by atoms with Crippen molar-refractivity contribution in [2.45, 2.75) is 18.3 Å². The summed E-state index contributed by atoms with van der Waals surface area (Å²) < 4.78 is 68.6. The number of anilines is 1. The minimum absolute atomic E-state index is 0.0681. The largest absolute Gasteiger partial charge is 0.416 e. The van der Waals surface area contributed by atoms with Gasteiger partial charge in [-0.15, -0.1) is 0 Å². The van der Waals surface area contributed by atoms with Crippen LogP contribution in [0.3, 0.4) is 0 Å². The molecule has 0 amide bonds. The number of benzene rings is 1. The number of nitrogens with zero attached hydrogens (tertiary/aromatic N) is 2. The Morgan fingerprint density at radius 3 is 2.58 bits per heavy atom. The van der Waals surface area contributed by atoms with Crippen molar-refractivity contribution in [3.63, 3.8) is 0 Å².